The van der Waals surface area contributed by atoms with E-state index in [0.29, 0.717) is 10.6 Å². The molecule has 4 rings (SSSR count). The zero-order chi connectivity index (χ0) is 17.7. The van der Waals surface area contributed by atoms with Gasteiger partial charge in [0.15, 0.2) is 0 Å². The molecule has 0 aliphatic heterocycles. The third-order valence-electron chi connectivity index (χ3n) is 3.90. The lowest BCUT2D eigenvalue weighted by Crippen LogP contribution is -2.09. The number of benzene rings is 1. The van der Waals surface area contributed by atoms with E-state index in [1.807, 2.05) is 26.1 Å². The highest BCUT2D eigenvalue weighted by atomic mass is 32.1. The quantitative estimate of drug-likeness (QED) is 0.568. The molecule has 3 heterocycles. The van der Waals surface area contributed by atoms with Crippen molar-refractivity contribution in [2.75, 3.05) is 5.32 Å². The molecular weight excluding hydrogens is 358 g/mol. The molecule has 25 heavy (non-hydrogen) atoms. The first kappa shape index (κ1) is 15.8. The van der Waals surface area contributed by atoms with Crippen LogP contribution in [0, 0.1) is 6.92 Å². The highest BCUT2D eigenvalue weighted by Gasteiger charge is 2.16. The minimum Gasteiger partial charge on any atom is -0.477 e. The van der Waals surface area contributed by atoms with Crippen molar-refractivity contribution in [3.8, 4) is 0 Å². The second-order valence-corrected chi connectivity index (χ2v) is 7.78. The first-order chi connectivity index (χ1) is 11.9. The molecule has 0 atom stereocenters. The van der Waals surface area contributed by atoms with Crippen molar-refractivity contribution >= 4 is 60.5 Å². The minimum atomic E-state index is -0.943. The molecule has 0 saturated heterocycles. The van der Waals surface area contributed by atoms with E-state index in [1.54, 1.807) is 22.9 Å². The molecule has 0 bridgehead atoms. The standard InChI is InChI=1S/C17H13N3O3S2/c1-8-11-7-13(25-16(11)20(2)19-8)15(21)18-10-3-4-12-9(5-10)6-14(24-12)17(22)23/h3-7H,1-2H3,(H,18,21)(H,22,23). The third kappa shape index (κ3) is 2.69. The van der Waals surface area contributed by atoms with Gasteiger partial charge < -0.3 is 10.4 Å². The van der Waals surface area contributed by atoms with E-state index in [-0.39, 0.29) is 10.8 Å². The van der Waals surface area contributed by atoms with Crippen molar-refractivity contribution in [1.82, 2.24) is 9.78 Å². The van der Waals surface area contributed by atoms with Gasteiger partial charge in [-0.15, -0.1) is 22.7 Å². The molecule has 4 aromatic rings. The molecule has 2 N–H and O–H groups in total. The number of carbonyl (C=O) groups excluding carboxylic acids is 1. The second kappa shape index (κ2) is 5.68. The predicted molar refractivity (Wildman–Crippen MR) is 100 cm³/mol. The molecule has 126 valence electrons. The van der Waals surface area contributed by atoms with Gasteiger partial charge in [0.1, 0.15) is 9.71 Å². The fourth-order valence-electron chi connectivity index (χ4n) is 2.74. The molecule has 0 fully saturated rings. The van der Waals surface area contributed by atoms with Gasteiger partial charge in [-0.1, -0.05) is 0 Å². The Morgan fingerprint density at radius 1 is 1.16 bits per heavy atom. The van der Waals surface area contributed by atoms with Crippen LogP contribution in [0.15, 0.2) is 30.3 Å². The number of thiophene rings is 2. The molecule has 0 unspecified atom stereocenters. The lowest BCUT2D eigenvalue weighted by molar-refractivity contribution is 0.0702. The average molecular weight is 371 g/mol. The molecule has 0 saturated carbocycles. The number of carbonyl (C=O) groups is 2. The van der Waals surface area contributed by atoms with Crippen LogP contribution in [0.5, 0.6) is 0 Å². The summed E-state index contributed by atoms with van der Waals surface area (Å²) in [7, 11) is 1.86. The van der Waals surface area contributed by atoms with Gasteiger partial charge in [-0.05, 0) is 42.6 Å². The molecule has 0 aliphatic rings. The van der Waals surface area contributed by atoms with Crippen molar-refractivity contribution in [2.24, 2.45) is 7.05 Å². The number of hydrogen-bond donors (Lipinski definition) is 2. The molecule has 3 aromatic heterocycles. The summed E-state index contributed by atoms with van der Waals surface area (Å²) >= 11 is 2.61. The Labute approximate surface area is 150 Å². The van der Waals surface area contributed by atoms with Crippen LogP contribution in [-0.4, -0.2) is 26.8 Å². The fraction of sp³-hybridized carbons (Fsp3) is 0.118. The summed E-state index contributed by atoms with van der Waals surface area (Å²) in [6.45, 7) is 1.92. The number of hydrogen-bond acceptors (Lipinski definition) is 5. The van der Waals surface area contributed by atoms with Gasteiger partial charge in [0.25, 0.3) is 5.91 Å². The fourth-order valence-corrected chi connectivity index (χ4v) is 4.64. The van der Waals surface area contributed by atoms with Gasteiger partial charge in [0.05, 0.1) is 10.6 Å². The van der Waals surface area contributed by atoms with Gasteiger partial charge in [0, 0.05) is 22.8 Å². The summed E-state index contributed by atoms with van der Waals surface area (Å²) < 4.78 is 2.65. The van der Waals surface area contributed by atoms with Gasteiger partial charge in [0.2, 0.25) is 0 Å². The van der Waals surface area contributed by atoms with Crippen LogP contribution in [-0.2, 0) is 7.05 Å². The summed E-state index contributed by atoms with van der Waals surface area (Å²) in [6.07, 6.45) is 0. The van der Waals surface area contributed by atoms with E-state index in [2.05, 4.69) is 10.4 Å². The summed E-state index contributed by atoms with van der Waals surface area (Å²) in [6, 6.07) is 8.86. The number of amides is 1. The van der Waals surface area contributed by atoms with Crippen LogP contribution in [0.2, 0.25) is 0 Å². The number of nitrogens with zero attached hydrogens (tertiary/aromatic N) is 2. The van der Waals surface area contributed by atoms with Crippen LogP contribution in [0.3, 0.4) is 0 Å². The molecule has 1 amide bonds. The van der Waals surface area contributed by atoms with Crippen LogP contribution in [0.1, 0.15) is 25.0 Å². The van der Waals surface area contributed by atoms with Gasteiger partial charge >= 0.3 is 5.97 Å². The number of anilines is 1. The van der Waals surface area contributed by atoms with Gasteiger partial charge in [-0.3, -0.25) is 9.48 Å². The minimum absolute atomic E-state index is 0.186. The van der Waals surface area contributed by atoms with E-state index in [0.717, 1.165) is 26.0 Å². The number of fused-ring (bicyclic) bond motifs is 2. The number of aryl methyl sites for hydroxylation is 2. The molecule has 1 aromatic carbocycles. The van der Waals surface area contributed by atoms with E-state index in [1.165, 1.54) is 22.7 Å². The summed E-state index contributed by atoms with van der Waals surface area (Å²) in [5.74, 6) is -1.13. The Bertz CT molecular complexity index is 1120. The number of aromatic nitrogens is 2. The molecule has 0 aliphatic carbocycles. The highest BCUT2D eigenvalue weighted by Crippen LogP contribution is 2.30. The van der Waals surface area contributed by atoms with Crippen LogP contribution in [0.4, 0.5) is 5.69 Å². The number of rotatable bonds is 3. The summed E-state index contributed by atoms with van der Waals surface area (Å²) in [5, 5.41) is 18.1. The van der Waals surface area contributed by atoms with Crippen molar-refractivity contribution in [3.05, 3.63) is 45.8 Å². The van der Waals surface area contributed by atoms with Crippen LogP contribution < -0.4 is 5.32 Å². The smallest absolute Gasteiger partial charge is 0.345 e. The maximum atomic E-state index is 12.5. The van der Waals surface area contributed by atoms with E-state index < -0.39 is 5.97 Å². The normalized spacial score (nSPS) is 11.3. The molecular formula is C17H13N3O3S2. The van der Waals surface area contributed by atoms with E-state index in [9.17, 15) is 9.59 Å². The molecule has 0 radical (unpaired) electrons. The molecule has 0 spiro atoms. The van der Waals surface area contributed by atoms with Crippen molar-refractivity contribution in [2.45, 2.75) is 6.92 Å². The van der Waals surface area contributed by atoms with Gasteiger partial charge in [-0.2, -0.15) is 5.10 Å². The predicted octanol–water partition coefficient (Wildman–Crippen LogP) is 4.11. The lowest BCUT2D eigenvalue weighted by atomic mass is 10.2. The summed E-state index contributed by atoms with van der Waals surface area (Å²) in [4.78, 5) is 25.5. The first-order valence-electron chi connectivity index (χ1n) is 7.44. The molecule has 6 nitrogen and oxygen atoms in total. The Balaban J connectivity index is 1.63. The Morgan fingerprint density at radius 3 is 2.68 bits per heavy atom. The number of carboxylic acids is 1. The van der Waals surface area contributed by atoms with Crippen LogP contribution >= 0.6 is 22.7 Å². The van der Waals surface area contributed by atoms with Crippen molar-refractivity contribution in [1.29, 1.82) is 0 Å². The first-order valence-corrected chi connectivity index (χ1v) is 9.07. The topological polar surface area (TPSA) is 84.2 Å². The average Bonchev–Trinajstić information content (AvgIpc) is 3.23. The number of carboxylic acid groups (broad SMARTS) is 1. The second-order valence-electron chi connectivity index (χ2n) is 5.66. The summed E-state index contributed by atoms with van der Waals surface area (Å²) in [5.41, 5.74) is 1.54. The zero-order valence-corrected chi connectivity index (χ0v) is 15.0. The van der Waals surface area contributed by atoms with Gasteiger partial charge in [-0.25, -0.2) is 4.79 Å². The Kier molecular flexibility index (Phi) is 3.59. The van der Waals surface area contributed by atoms with Crippen LogP contribution in [0.25, 0.3) is 20.3 Å². The van der Waals surface area contributed by atoms with Crippen molar-refractivity contribution in [3.63, 3.8) is 0 Å². The maximum Gasteiger partial charge on any atom is 0.345 e. The largest absolute Gasteiger partial charge is 0.477 e. The third-order valence-corrected chi connectivity index (χ3v) is 6.21. The Morgan fingerprint density at radius 2 is 1.96 bits per heavy atom. The van der Waals surface area contributed by atoms with E-state index >= 15 is 0 Å². The maximum absolute atomic E-state index is 12.5. The highest BCUT2D eigenvalue weighted by molar-refractivity contribution is 7.21. The zero-order valence-electron chi connectivity index (χ0n) is 13.4. The number of nitrogens with one attached hydrogen (secondary N) is 1. The Hall–Kier alpha value is -2.71. The SMILES string of the molecule is Cc1nn(C)c2sc(C(=O)Nc3ccc4sc(C(=O)O)cc4c3)cc12. The van der Waals surface area contributed by atoms with E-state index in [4.69, 9.17) is 5.11 Å². The monoisotopic (exact) mass is 371 g/mol. The lowest BCUT2D eigenvalue weighted by Gasteiger charge is -2.03. The molecule has 8 heteroatoms. The number of aromatic carboxylic acids is 1. The van der Waals surface area contributed by atoms with Crippen molar-refractivity contribution < 1.29 is 14.7 Å².